The van der Waals surface area contributed by atoms with Crippen LogP contribution in [0.1, 0.15) is 23.6 Å². The SMILES string of the molecule is COc1ccc(/C(O)=C2\C(=O)C(=O)N(CCCn3ccnc3)C2c2cccc([N+](=O)[O-])c2)cc1Cl. The van der Waals surface area contributed by atoms with Crippen molar-refractivity contribution in [1.82, 2.24) is 14.5 Å². The number of carbonyl (C=O) groups is 2. The fraction of sp³-hybridized carbons (Fsp3) is 0.208. The van der Waals surface area contributed by atoms with Crippen LogP contribution in [-0.4, -0.2) is 49.8 Å². The van der Waals surface area contributed by atoms with E-state index in [1.165, 1.54) is 48.4 Å². The molecule has 4 rings (SSSR count). The van der Waals surface area contributed by atoms with E-state index in [4.69, 9.17) is 16.3 Å². The maximum atomic E-state index is 13.1. The van der Waals surface area contributed by atoms with E-state index < -0.39 is 28.4 Å². The standard InChI is InChI=1S/C24H21ClN4O6/c1-35-19-7-6-16(13-18(19)25)22(30)20-21(15-4-2-5-17(12-15)29(33)34)28(24(32)23(20)31)10-3-9-27-11-8-26-14-27/h2,4-8,11-14,21,30H,3,9-10H2,1H3/b22-20+. The molecular weight excluding hydrogens is 476 g/mol. The van der Waals surface area contributed by atoms with Crippen molar-refractivity contribution in [3.63, 3.8) is 0 Å². The van der Waals surface area contributed by atoms with Crippen molar-refractivity contribution in [2.75, 3.05) is 13.7 Å². The van der Waals surface area contributed by atoms with E-state index in [9.17, 15) is 24.8 Å². The van der Waals surface area contributed by atoms with Gasteiger partial charge >= 0.3 is 0 Å². The van der Waals surface area contributed by atoms with Gasteiger partial charge in [-0.25, -0.2) is 4.98 Å². The number of aryl methyl sites for hydroxylation is 1. The molecule has 1 N–H and O–H groups in total. The highest BCUT2D eigenvalue weighted by Gasteiger charge is 2.46. The van der Waals surface area contributed by atoms with Crippen LogP contribution in [0.4, 0.5) is 5.69 Å². The number of ketones is 1. The fourth-order valence-electron chi connectivity index (χ4n) is 4.08. The van der Waals surface area contributed by atoms with Gasteiger partial charge in [0.15, 0.2) is 0 Å². The first-order chi connectivity index (χ1) is 16.8. The van der Waals surface area contributed by atoms with Crippen molar-refractivity contribution >= 4 is 34.7 Å². The maximum absolute atomic E-state index is 13.1. The van der Waals surface area contributed by atoms with E-state index in [1.807, 2.05) is 4.57 Å². The number of likely N-dealkylation sites (tertiary alicyclic amines) is 1. The van der Waals surface area contributed by atoms with Gasteiger partial charge in [-0.1, -0.05) is 23.7 Å². The Balaban J connectivity index is 1.78. The molecule has 35 heavy (non-hydrogen) atoms. The van der Waals surface area contributed by atoms with Gasteiger partial charge in [-0.2, -0.15) is 0 Å². The molecule has 1 amide bonds. The lowest BCUT2D eigenvalue weighted by Gasteiger charge is -2.25. The number of non-ortho nitro benzene ring substituents is 1. The van der Waals surface area contributed by atoms with Gasteiger partial charge in [0.25, 0.3) is 17.4 Å². The van der Waals surface area contributed by atoms with Gasteiger partial charge < -0.3 is 19.3 Å². The molecule has 1 aromatic heterocycles. The van der Waals surface area contributed by atoms with E-state index in [0.717, 1.165) is 0 Å². The number of nitro groups is 1. The molecule has 0 radical (unpaired) electrons. The topological polar surface area (TPSA) is 128 Å². The number of hydrogen-bond acceptors (Lipinski definition) is 7. The van der Waals surface area contributed by atoms with Gasteiger partial charge in [-0.3, -0.25) is 19.7 Å². The van der Waals surface area contributed by atoms with Crippen molar-refractivity contribution in [2.45, 2.75) is 19.0 Å². The number of aliphatic hydroxyl groups excluding tert-OH is 1. The number of methoxy groups -OCH3 is 1. The van der Waals surface area contributed by atoms with Crippen molar-refractivity contribution in [1.29, 1.82) is 0 Å². The summed E-state index contributed by atoms with van der Waals surface area (Å²) in [5, 5.41) is 22.7. The third kappa shape index (κ3) is 4.73. The molecule has 0 saturated carbocycles. The second-order valence-electron chi connectivity index (χ2n) is 7.85. The minimum Gasteiger partial charge on any atom is -0.507 e. The summed E-state index contributed by atoms with van der Waals surface area (Å²) >= 11 is 6.20. The van der Waals surface area contributed by atoms with Crippen molar-refractivity contribution in [3.05, 3.63) is 93.0 Å². The van der Waals surface area contributed by atoms with Crippen LogP contribution in [0.15, 0.2) is 66.8 Å². The zero-order chi connectivity index (χ0) is 25.1. The van der Waals surface area contributed by atoms with Gasteiger partial charge in [-0.15, -0.1) is 0 Å². The molecule has 2 aromatic carbocycles. The van der Waals surface area contributed by atoms with Gasteiger partial charge in [0, 0.05) is 43.2 Å². The molecular formula is C24H21ClN4O6. The highest BCUT2D eigenvalue weighted by molar-refractivity contribution is 6.46. The average molecular weight is 497 g/mol. The largest absolute Gasteiger partial charge is 0.507 e. The van der Waals surface area contributed by atoms with E-state index in [-0.39, 0.29) is 28.4 Å². The minimum atomic E-state index is -1.02. The third-order valence-electron chi connectivity index (χ3n) is 5.74. The summed E-state index contributed by atoms with van der Waals surface area (Å²) < 4.78 is 6.96. The Labute approximate surface area is 205 Å². The summed E-state index contributed by atoms with van der Waals surface area (Å²) in [5.74, 6) is -1.73. The molecule has 1 saturated heterocycles. The number of nitro benzene ring substituents is 1. The summed E-state index contributed by atoms with van der Waals surface area (Å²) in [6, 6.07) is 9.12. The zero-order valence-electron chi connectivity index (χ0n) is 18.6. The van der Waals surface area contributed by atoms with Crippen LogP contribution in [0, 0.1) is 10.1 Å². The molecule has 1 aliphatic heterocycles. The fourth-order valence-corrected chi connectivity index (χ4v) is 4.34. The van der Waals surface area contributed by atoms with Crippen molar-refractivity contribution in [2.24, 2.45) is 0 Å². The lowest BCUT2D eigenvalue weighted by Crippen LogP contribution is -2.31. The first-order valence-corrected chi connectivity index (χ1v) is 11.0. The lowest BCUT2D eigenvalue weighted by atomic mass is 9.95. The van der Waals surface area contributed by atoms with E-state index in [0.29, 0.717) is 24.3 Å². The van der Waals surface area contributed by atoms with E-state index in [1.54, 1.807) is 24.8 Å². The number of aliphatic hydroxyl groups is 1. The zero-order valence-corrected chi connectivity index (χ0v) is 19.4. The smallest absolute Gasteiger partial charge is 0.295 e. The Morgan fingerprint density at radius 3 is 2.69 bits per heavy atom. The molecule has 10 nitrogen and oxygen atoms in total. The maximum Gasteiger partial charge on any atom is 0.295 e. The average Bonchev–Trinajstić information content (AvgIpc) is 3.46. The first-order valence-electron chi connectivity index (χ1n) is 10.6. The van der Waals surface area contributed by atoms with Crippen LogP contribution in [0.25, 0.3) is 5.76 Å². The number of ether oxygens (including phenoxy) is 1. The number of amides is 1. The molecule has 2 heterocycles. The second-order valence-corrected chi connectivity index (χ2v) is 8.26. The molecule has 180 valence electrons. The van der Waals surface area contributed by atoms with Gasteiger partial charge in [-0.05, 0) is 30.2 Å². The molecule has 1 atom stereocenters. The van der Waals surface area contributed by atoms with Crippen LogP contribution < -0.4 is 4.74 Å². The predicted octanol–water partition coefficient (Wildman–Crippen LogP) is 3.97. The number of hydrogen-bond donors (Lipinski definition) is 1. The Hall–Kier alpha value is -4.18. The Bertz CT molecular complexity index is 1320. The number of aromatic nitrogens is 2. The van der Waals surface area contributed by atoms with Crippen LogP contribution >= 0.6 is 11.6 Å². The molecule has 0 aliphatic carbocycles. The minimum absolute atomic E-state index is 0.167. The van der Waals surface area contributed by atoms with E-state index >= 15 is 0 Å². The first kappa shape index (κ1) is 24.0. The molecule has 11 heteroatoms. The second kappa shape index (κ2) is 9.98. The monoisotopic (exact) mass is 496 g/mol. The number of carbonyl (C=O) groups excluding carboxylic acids is 2. The molecule has 1 unspecified atom stereocenters. The summed E-state index contributed by atoms with van der Waals surface area (Å²) in [5.41, 5.74) is 0.184. The van der Waals surface area contributed by atoms with Crippen LogP contribution in [-0.2, 0) is 16.1 Å². The van der Waals surface area contributed by atoms with Gasteiger partial charge in [0.2, 0.25) is 0 Å². The summed E-state index contributed by atoms with van der Waals surface area (Å²) in [7, 11) is 1.44. The Morgan fingerprint density at radius 1 is 1.23 bits per heavy atom. The van der Waals surface area contributed by atoms with Gasteiger partial charge in [0.1, 0.15) is 11.5 Å². The number of Topliss-reactive ketones (excluding diaryl/α,β-unsaturated/α-hetero) is 1. The number of nitrogens with zero attached hydrogens (tertiary/aromatic N) is 4. The quantitative estimate of drug-likeness (QED) is 0.164. The van der Waals surface area contributed by atoms with Gasteiger partial charge in [0.05, 0.1) is 35.0 Å². The molecule has 1 fully saturated rings. The summed E-state index contributed by atoms with van der Waals surface area (Å²) in [6.45, 7) is 0.717. The van der Waals surface area contributed by atoms with Crippen LogP contribution in [0.2, 0.25) is 5.02 Å². The normalized spacial score (nSPS) is 17.1. The highest BCUT2D eigenvalue weighted by Crippen LogP contribution is 2.41. The van der Waals surface area contributed by atoms with Crippen molar-refractivity contribution in [3.8, 4) is 5.75 Å². The summed E-state index contributed by atoms with van der Waals surface area (Å²) in [4.78, 5) is 42.3. The third-order valence-corrected chi connectivity index (χ3v) is 6.03. The molecule has 1 aliphatic rings. The molecule has 0 bridgehead atoms. The summed E-state index contributed by atoms with van der Waals surface area (Å²) in [6.07, 6.45) is 5.54. The van der Waals surface area contributed by atoms with Crippen LogP contribution in [0.5, 0.6) is 5.75 Å². The highest BCUT2D eigenvalue weighted by atomic mass is 35.5. The molecule has 0 spiro atoms. The predicted molar refractivity (Wildman–Crippen MR) is 127 cm³/mol. The number of imidazole rings is 1. The molecule has 3 aromatic rings. The lowest BCUT2D eigenvalue weighted by molar-refractivity contribution is -0.384. The number of rotatable bonds is 8. The Kier molecular flexibility index (Phi) is 6.83. The number of benzene rings is 2. The van der Waals surface area contributed by atoms with Crippen molar-refractivity contribution < 1.29 is 24.4 Å². The Morgan fingerprint density at radius 2 is 2.03 bits per heavy atom. The number of halogens is 1. The van der Waals surface area contributed by atoms with Crippen LogP contribution in [0.3, 0.4) is 0 Å². The van der Waals surface area contributed by atoms with E-state index in [2.05, 4.69) is 4.98 Å².